The lowest BCUT2D eigenvalue weighted by Gasteiger charge is -2.13. The lowest BCUT2D eigenvalue weighted by molar-refractivity contribution is -0.116. The Labute approximate surface area is 219 Å². The summed E-state index contributed by atoms with van der Waals surface area (Å²) in [6, 6.07) is 9.05. The molecule has 1 aliphatic heterocycles. The summed E-state index contributed by atoms with van der Waals surface area (Å²) in [5.74, 6) is 1.04. The largest absolute Gasteiger partial charge is 0.489 e. The molecule has 0 unspecified atom stereocenters. The van der Waals surface area contributed by atoms with E-state index in [0.29, 0.717) is 65.3 Å². The number of fused-ring (bicyclic) bond motifs is 7. The van der Waals surface area contributed by atoms with Crippen molar-refractivity contribution in [2.75, 3.05) is 25.1 Å². The van der Waals surface area contributed by atoms with Gasteiger partial charge in [-0.05, 0) is 56.5 Å². The minimum atomic E-state index is -0.302. The second-order valence-corrected chi connectivity index (χ2v) is 8.91. The highest BCUT2D eigenvalue weighted by atomic mass is 16.5. The van der Waals surface area contributed by atoms with E-state index < -0.39 is 0 Å². The molecule has 196 valence electrons. The van der Waals surface area contributed by atoms with Gasteiger partial charge >= 0.3 is 0 Å². The maximum Gasteiger partial charge on any atom is 0.258 e. The van der Waals surface area contributed by atoms with E-state index in [2.05, 4.69) is 32.4 Å². The van der Waals surface area contributed by atoms with Gasteiger partial charge in [-0.15, -0.1) is 0 Å². The summed E-state index contributed by atoms with van der Waals surface area (Å²) >= 11 is 0. The normalized spacial score (nSPS) is 13.8. The molecule has 11 heteroatoms. The van der Waals surface area contributed by atoms with Crippen LogP contribution >= 0.6 is 0 Å². The number of pyridine rings is 1. The Morgan fingerprint density at radius 2 is 2.16 bits per heavy atom. The molecule has 4 heterocycles. The van der Waals surface area contributed by atoms with Gasteiger partial charge in [0.05, 0.1) is 36.1 Å². The molecule has 0 radical (unpaired) electrons. The first-order chi connectivity index (χ1) is 18.5. The van der Waals surface area contributed by atoms with Crippen LogP contribution in [0.15, 0.2) is 49.2 Å². The van der Waals surface area contributed by atoms with Crippen LogP contribution in [0.2, 0.25) is 0 Å². The molecule has 38 heavy (non-hydrogen) atoms. The average molecular weight is 516 g/mol. The van der Waals surface area contributed by atoms with Crippen molar-refractivity contribution in [1.29, 1.82) is 0 Å². The number of hydrogen-bond acceptors (Lipinski definition) is 7. The van der Waals surface area contributed by atoms with Crippen molar-refractivity contribution in [3.63, 3.8) is 0 Å². The molecule has 1 aromatic carbocycles. The highest BCUT2D eigenvalue weighted by Gasteiger charge is 2.20. The third-order valence-corrected chi connectivity index (χ3v) is 6.17. The molecule has 4 aromatic rings. The highest BCUT2D eigenvalue weighted by molar-refractivity contribution is 6.05. The number of carbonyl (C=O) groups excluding carboxylic acids is 2. The summed E-state index contributed by atoms with van der Waals surface area (Å²) < 4.78 is 13.9. The van der Waals surface area contributed by atoms with Gasteiger partial charge in [0.2, 0.25) is 17.7 Å². The van der Waals surface area contributed by atoms with Gasteiger partial charge in [0.15, 0.2) is 0 Å². The molecule has 0 saturated heterocycles. The number of hydrogen-bond donors (Lipinski definition) is 3. The topological polar surface area (TPSA) is 136 Å². The molecule has 0 saturated carbocycles. The Morgan fingerprint density at radius 1 is 1.26 bits per heavy atom. The van der Waals surface area contributed by atoms with Crippen LogP contribution in [-0.4, -0.2) is 56.3 Å². The number of anilines is 1. The van der Waals surface area contributed by atoms with E-state index >= 15 is 0 Å². The quantitative estimate of drug-likeness (QED) is 0.273. The fourth-order valence-corrected chi connectivity index (χ4v) is 4.39. The molecule has 0 fully saturated rings. The summed E-state index contributed by atoms with van der Waals surface area (Å²) in [6.07, 6.45) is 5.45. The number of aryl methyl sites for hydroxylation is 2. The predicted octanol–water partition coefficient (Wildman–Crippen LogP) is 3.63. The number of para-hydroxylation sites is 1. The van der Waals surface area contributed by atoms with Crippen molar-refractivity contribution < 1.29 is 19.1 Å². The van der Waals surface area contributed by atoms with E-state index in [0.717, 1.165) is 24.8 Å². The highest BCUT2D eigenvalue weighted by Crippen LogP contribution is 2.31. The van der Waals surface area contributed by atoms with Crippen LogP contribution in [0.4, 0.5) is 5.95 Å². The molecule has 0 spiro atoms. The zero-order valence-electron chi connectivity index (χ0n) is 21.1. The summed E-state index contributed by atoms with van der Waals surface area (Å²) in [7, 11) is 0. The summed E-state index contributed by atoms with van der Waals surface area (Å²) in [5.41, 5.74) is 3.93. The van der Waals surface area contributed by atoms with Crippen LogP contribution in [-0.2, 0) is 11.3 Å². The Balaban J connectivity index is 1.49. The van der Waals surface area contributed by atoms with Crippen LogP contribution in [0.1, 0.15) is 35.3 Å². The summed E-state index contributed by atoms with van der Waals surface area (Å²) in [5, 5.41) is 12.7. The van der Waals surface area contributed by atoms with Crippen molar-refractivity contribution in [2.45, 2.75) is 32.7 Å². The smallest absolute Gasteiger partial charge is 0.258 e. The van der Waals surface area contributed by atoms with E-state index in [1.54, 1.807) is 18.3 Å². The number of rotatable bonds is 5. The number of aromatic nitrogens is 5. The van der Waals surface area contributed by atoms with Gasteiger partial charge in [-0.1, -0.05) is 12.6 Å². The van der Waals surface area contributed by atoms with Crippen molar-refractivity contribution in [2.24, 2.45) is 0 Å². The third-order valence-electron chi connectivity index (χ3n) is 6.17. The van der Waals surface area contributed by atoms with Crippen LogP contribution in [0.5, 0.6) is 11.6 Å². The van der Waals surface area contributed by atoms with Crippen LogP contribution in [0.25, 0.3) is 22.3 Å². The van der Waals surface area contributed by atoms with E-state index in [1.165, 1.54) is 6.08 Å². The van der Waals surface area contributed by atoms with Crippen molar-refractivity contribution >= 4 is 28.8 Å². The molecular weight excluding hydrogens is 486 g/mol. The van der Waals surface area contributed by atoms with Gasteiger partial charge in [0.25, 0.3) is 5.91 Å². The number of ether oxygens (including phenoxy) is 2. The molecule has 3 N–H and O–H groups in total. The van der Waals surface area contributed by atoms with Crippen molar-refractivity contribution in [3.05, 3.63) is 60.4 Å². The first-order valence-corrected chi connectivity index (χ1v) is 12.5. The maximum absolute atomic E-state index is 13.4. The zero-order chi connectivity index (χ0) is 26.5. The van der Waals surface area contributed by atoms with E-state index in [4.69, 9.17) is 14.5 Å². The van der Waals surface area contributed by atoms with E-state index in [9.17, 15) is 9.59 Å². The summed E-state index contributed by atoms with van der Waals surface area (Å²) in [4.78, 5) is 34.2. The standard InChI is InChI=1S/C27H29N7O4/c1-3-23(35)28-10-13-37-22-9-7-8-20-24(22)34-11-5-4-6-12-38-26-19(16-29-33-26)21-15-18(14-17(2)30-21)25(36)32-27(34)31-20/h3,7-9,14-16H,1,4-6,10-13H2,2H3,(H,28,35)(H,29,33)(H,31,32,36). The average Bonchev–Trinajstić information content (AvgIpc) is 3.52. The molecule has 0 atom stereocenters. The number of nitrogens with zero attached hydrogens (tertiary/aromatic N) is 4. The predicted molar refractivity (Wildman–Crippen MR) is 142 cm³/mol. The van der Waals surface area contributed by atoms with Gasteiger partial charge in [-0.3, -0.25) is 19.9 Å². The maximum atomic E-state index is 13.4. The minimum Gasteiger partial charge on any atom is -0.489 e. The Hall–Kier alpha value is -4.67. The fourth-order valence-electron chi connectivity index (χ4n) is 4.39. The lowest BCUT2D eigenvalue weighted by Crippen LogP contribution is -2.26. The molecule has 1 aliphatic rings. The van der Waals surface area contributed by atoms with Gasteiger partial charge in [-0.2, -0.15) is 5.10 Å². The SMILES string of the molecule is C=CC(=O)NCCOc1cccc2nc3n(c12)CCCCCOc1[nH]ncc1-c1cc(cc(C)n1)C(=O)N3. The van der Waals surface area contributed by atoms with Gasteiger partial charge < -0.3 is 19.4 Å². The number of carbonyl (C=O) groups is 2. The Kier molecular flexibility index (Phi) is 7.34. The first kappa shape index (κ1) is 25.0. The third kappa shape index (κ3) is 5.36. The molecule has 0 aliphatic carbocycles. The fraction of sp³-hybridized carbons (Fsp3) is 0.296. The van der Waals surface area contributed by atoms with Gasteiger partial charge in [0, 0.05) is 17.8 Å². The second-order valence-electron chi connectivity index (χ2n) is 8.91. The van der Waals surface area contributed by atoms with E-state index in [-0.39, 0.29) is 18.4 Å². The van der Waals surface area contributed by atoms with Crippen LogP contribution in [0, 0.1) is 6.92 Å². The monoisotopic (exact) mass is 515 g/mol. The number of imidazole rings is 1. The zero-order valence-corrected chi connectivity index (χ0v) is 21.1. The molecule has 2 amide bonds. The molecule has 11 nitrogen and oxygen atoms in total. The van der Waals surface area contributed by atoms with E-state index in [1.807, 2.05) is 29.7 Å². The molecule has 5 rings (SSSR count). The van der Waals surface area contributed by atoms with Crippen molar-refractivity contribution in [1.82, 2.24) is 30.0 Å². The Morgan fingerprint density at radius 3 is 3.03 bits per heavy atom. The van der Waals surface area contributed by atoms with Gasteiger partial charge in [-0.25, -0.2) is 10.1 Å². The number of benzene rings is 1. The number of amides is 2. The number of aromatic amines is 1. The lowest BCUT2D eigenvalue weighted by atomic mass is 10.1. The molecular formula is C27H29N7O4. The van der Waals surface area contributed by atoms with Crippen molar-refractivity contribution in [3.8, 4) is 22.9 Å². The second kappa shape index (κ2) is 11.2. The first-order valence-electron chi connectivity index (χ1n) is 12.5. The molecule has 3 aromatic heterocycles. The van der Waals surface area contributed by atoms with Gasteiger partial charge in [0.1, 0.15) is 17.9 Å². The number of H-pyrrole nitrogens is 1. The van der Waals surface area contributed by atoms with Crippen LogP contribution < -0.4 is 20.1 Å². The minimum absolute atomic E-state index is 0.257. The summed E-state index contributed by atoms with van der Waals surface area (Å²) in [6.45, 7) is 7.04. The van der Waals surface area contributed by atoms with Crippen LogP contribution in [0.3, 0.4) is 0 Å². The molecule has 2 bridgehead atoms. The Bertz CT molecular complexity index is 1490. The number of nitrogens with one attached hydrogen (secondary N) is 3.